The van der Waals surface area contributed by atoms with Crippen molar-refractivity contribution in [2.24, 2.45) is 5.92 Å². The maximum absolute atomic E-state index is 13.0. The summed E-state index contributed by atoms with van der Waals surface area (Å²) < 4.78 is 13.0. The van der Waals surface area contributed by atoms with Crippen molar-refractivity contribution in [2.75, 3.05) is 19.6 Å². The number of rotatable bonds is 4. The first kappa shape index (κ1) is 15.0. The average molecular weight is 278 g/mol. The van der Waals surface area contributed by atoms with Crippen LogP contribution in [-0.4, -0.2) is 36.5 Å². The van der Waals surface area contributed by atoms with Crippen molar-refractivity contribution >= 4 is 5.91 Å². The minimum atomic E-state index is -0.205. The van der Waals surface area contributed by atoms with E-state index >= 15 is 0 Å². The third-order valence-corrected chi connectivity index (χ3v) is 4.10. The van der Waals surface area contributed by atoms with Gasteiger partial charge in [-0.2, -0.15) is 0 Å². The van der Waals surface area contributed by atoms with E-state index in [0.717, 1.165) is 25.2 Å². The molecule has 110 valence electrons. The predicted molar refractivity (Wildman–Crippen MR) is 78.0 cm³/mol. The smallest absolute Gasteiger partial charge is 0.219 e. The van der Waals surface area contributed by atoms with Gasteiger partial charge in [0, 0.05) is 38.5 Å². The van der Waals surface area contributed by atoms with Gasteiger partial charge in [0.15, 0.2) is 0 Å². The molecule has 0 unspecified atom stereocenters. The van der Waals surface area contributed by atoms with Gasteiger partial charge in [0.25, 0.3) is 0 Å². The van der Waals surface area contributed by atoms with Gasteiger partial charge in [0.2, 0.25) is 5.91 Å². The zero-order chi connectivity index (χ0) is 14.7. The van der Waals surface area contributed by atoms with Crippen LogP contribution in [-0.2, 0) is 4.79 Å². The number of nitrogens with one attached hydrogen (secondary N) is 1. The van der Waals surface area contributed by atoms with Gasteiger partial charge in [-0.25, -0.2) is 4.39 Å². The monoisotopic (exact) mass is 278 g/mol. The van der Waals surface area contributed by atoms with Gasteiger partial charge in [-0.3, -0.25) is 4.79 Å². The quantitative estimate of drug-likeness (QED) is 0.917. The lowest BCUT2D eigenvalue weighted by Gasteiger charge is -2.30. The summed E-state index contributed by atoms with van der Waals surface area (Å²) in [5.41, 5.74) is 1.15. The molecular weight excluding hydrogens is 255 g/mol. The Morgan fingerprint density at radius 2 is 2.00 bits per heavy atom. The Hall–Kier alpha value is -1.42. The number of hydrogen-bond acceptors (Lipinski definition) is 2. The van der Waals surface area contributed by atoms with Gasteiger partial charge >= 0.3 is 0 Å². The molecular formula is C16H23FN2O. The van der Waals surface area contributed by atoms with Gasteiger partial charge in [-0.1, -0.05) is 12.1 Å². The van der Waals surface area contributed by atoms with E-state index in [9.17, 15) is 9.18 Å². The van der Waals surface area contributed by atoms with E-state index in [1.165, 1.54) is 12.1 Å². The summed E-state index contributed by atoms with van der Waals surface area (Å²) in [5, 5.41) is 3.39. The number of hydrogen-bond donors (Lipinski definition) is 1. The standard InChI is InChI=1S/C16H23FN2O/c1-11(2)19(12(3)20)10-14-8-18-9-16(14)13-4-6-15(17)7-5-13/h4-7,11,14,16,18H,8-10H2,1-3H3/t14-,16+/m1/s1. The fourth-order valence-electron chi connectivity index (χ4n) is 2.98. The third-order valence-electron chi connectivity index (χ3n) is 4.10. The van der Waals surface area contributed by atoms with Crippen LogP contribution < -0.4 is 5.32 Å². The topological polar surface area (TPSA) is 32.3 Å². The molecule has 0 saturated carbocycles. The van der Waals surface area contributed by atoms with Crippen molar-refractivity contribution in [3.8, 4) is 0 Å². The first-order valence-corrected chi connectivity index (χ1v) is 7.22. The summed E-state index contributed by atoms with van der Waals surface area (Å²) in [6.45, 7) is 8.24. The highest BCUT2D eigenvalue weighted by atomic mass is 19.1. The van der Waals surface area contributed by atoms with Crippen LogP contribution >= 0.6 is 0 Å². The minimum absolute atomic E-state index is 0.116. The molecule has 3 nitrogen and oxygen atoms in total. The Kier molecular flexibility index (Phi) is 4.76. The molecule has 1 heterocycles. The number of benzene rings is 1. The van der Waals surface area contributed by atoms with E-state index < -0.39 is 0 Å². The maximum atomic E-state index is 13.0. The average Bonchev–Trinajstić information content (AvgIpc) is 2.84. The molecule has 2 atom stereocenters. The molecule has 1 N–H and O–H groups in total. The lowest BCUT2D eigenvalue weighted by atomic mass is 9.88. The summed E-state index contributed by atoms with van der Waals surface area (Å²) in [6.07, 6.45) is 0. The predicted octanol–water partition coefficient (Wildman–Crippen LogP) is 2.39. The van der Waals surface area contributed by atoms with Crippen LogP contribution in [0.15, 0.2) is 24.3 Å². The van der Waals surface area contributed by atoms with Crippen LogP contribution in [0, 0.1) is 11.7 Å². The molecule has 1 aliphatic rings. The molecule has 1 aromatic rings. The Morgan fingerprint density at radius 3 is 2.55 bits per heavy atom. The van der Waals surface area contributed by atoms with Crippen molar-refractivity contribution < 1.29 is 9.18 Å². The van der Waals surface area contributed by atoms with Gasteiger partial charge in [-0.05, 0) is 37.5 Å². The third kappa shape index (κ3) is 3.37. The van der Waals surface area contributed by atoms with Crippen molar-refractivity contribution in [1.82, 2.24) is 10.2 Å². The first-order valence-electron chi connectivity index (χ1n) is 7.22. The normalized spacial score (nSPS) is 22.2. The van der Waals surface area contributed by atoms with Crippen LogP contribution in [0.1, 0.15) is 32.3 Å². The molecule has 1 aromatic carbocycles. The Morgan fingerprint density at radius 1 is 1.35 bits per heavy atom. The molecule has 4 heteroatoms. The summed E-state index contributed by atoms with van der Waals surface area (Å²) in [7, 11) is 0. The number of carbonyl (C=O) groups is 1. The van der Waals surface area contributed by atoms with Crippen LogP contribution in [0.3, 0.4) is 0 Å². The summed E-state index contributed by atoms with van der Waals surface area (Å²) in [6, 6.07) is 6.94. The molecule has 1 aliphatic heterocycles. The first-order chi connectivity index (χ1) is 9.49. The second-order valence-corrected chi connectivity index (χ2v) is 5.84. The Balaban J connectivity index is 2.11. The highest BCUT2D eigenvalue weighted by Gasteiger charge is 2.31. The molecule has 2 rings (SSSR count). The van der Waals surface area contributed by atoms with Crippen molar-refractivity contribution in [3.05, 3.63) is 35.6 Å². The van der Waals surface area contributed by atoms with E-state index in [2.05, 4.69) is 5.32 Å². The largest absolute Gasteiger partial charge is 0.340 e. The molecule has 1 fully saturated rings. The van der Waals surface area contributed by atoms with Gasteiger partial charge in [-0.15, -0.1) is 0 Å². The minimum Gasteiger partial charge on any atom is -0.340 e. The molecule has 0 aliphatic carbocycles. The number of nitrogens with zero attached hydrogens (tertiary/aromatic N) is 1. The number of halogens is 1. The van der Waals surface area contributed by atoms with Crippen LogP contribution in [0.2, 0.25) is 0 Å². The molecule has 0 bridgehead atoms. The zero-order valence-electron chi connectivity index (χ0n) is 12.4. The van der Waals surface area contributed by atoms with E-state index in [-0.39, 0.29) is 17.8 Å². The van der Waals surface area contributed by atoms with Gasteiger partial charge in [0.1, 0.15) is 5.82 Å². The zero-order valence-corrected chi connectivity index (χ0v) is 12.4. The summed E-state index contributed by atoms with van der Waals surface area (Å²) in [4.78, 5) is 13.6. The second-order valence-electron chi connectivity index (χ2n) is 5.84. The lowest BCUT2D eigenvalue weighted by Crippen LogP contribution is -2.40. The van der Waals surface area contributed by atoms with Crippen molar-refractivity contribution in [1.29, 1.82) is 0 Å². The summed E-state index contributed by atoms with van der Waals surface area (Å²) >= 11 is 0. The highest BCUT2D eigenvalue weighted by Crippen LogP contribution is 2.29. The SMILES string of the molecule is CC(=O)N(C[C@H]1CNC[C@H]1c1ccc(F)cc1)C(C)C. The van der Waals surface area contributed by atoms with Crippen LogP contribution in [0.5, 0.6) is 0 Å². The molecule has 0 spiro atoms. The molecule has 0 aromatic heterocycles. The van der Waals surface area contributed by atoms with Crippen LogP contribution in [0.4, 0.5) is 4.39 Å². The van der Waals surface area contributed by atoms with Crippen LogP contribution in [0.25, 0.3) is 0 Å². The Labute approximate surface area is 120 Å². The van der Waals surface area contributed by atoms with Gasteiger partial charge < -0.3 is 10.2 Å². The molecule has 0 radical (unpaired) electrons. The number of carbonyl (C=O) groups excluding carboxylic acids is 1. The lowest BCUT2D eigenvalue weighted by molar-refractivity contribution is -0.131. The number of amides is 1. The molecule has 1 saturated heterocycles. The van der Waals surface area contributed by atoms with E-state index in [0.29, 0.717) is 11.8 Å². The molecule has 1 amide bonds. The van der Waals surface area contributed by atoms with Gasteiger partial charge in [0.05, 0.1) is 0 Å². The van der Waals surface area contributed by atoms with Crippen molar-refractivity contribution in [2.45, 2.75) is 32.7 Å². The van der Waals surface area contributed by atoms with E-state index in [1.54, 1.807) is 6.92 Å². The fourth-order valence-corrected chi connectivity index (χ4v) is 2.98. The highest BCUT2D eigenvalue weighted by molar-refractivity contribution is 5.73. The molecule has 20 heavy (non-hydrogen) atoms. The van der Waals surface area contributed by atoms with E-state index in [4.69, 9.17) is 0 Å². The van der Waals surface area contributed by atoms with E-state index in [1.807, 2.05) is 30.9 Å². The second kappa shape index (κ2) is 6.35. The fraction of sp³-hybridized carbons (Fsp3) is 0.562. The maximum Gasteiger partial charge on any atom is 0.219 e. The Bertz CT molecular complexity index is 458. The summed E-state index contributed by atoms with van der Waals surface area (Å²) in [5.74, 6) is 0.636. The van der Waals surface area contributed by atoms with Crippen molar-refractivity contribution in [3.63, 3.8) is 0 Å².